The van der Waals surface area contributed by atoms with Crippen molar-refractivity contribution in [2.45, 2.75) is 89.4 Å². The first-order valence-corrected chi connectivity index (χ1v) is 25.1. The van der Waals surface area contributed by atoms with Crippen LogP contribution in [0.3, 0.4) is 0 Å². The van der Waals surface area contributed by atoms with E-state index in [0.717, 1.165) is 0 Å². The number of carbonyl (C=O) groups is 8. The van der Waals surface area contributed by atoms with Gasteiger partial charge in [-0.3, -0.25) is 58.3 Å². The van der Waals surface area contributed by atoms with Crippen LogP contribution in [0.25, 0.3) is 0 Å². The summed E-state index contributed by atoms with van der Waals surface area (Å²) in [6.07, 6.45) is 1.18. The summed E-state index contributed by atoms with van der Waals surface area (Å²) in [5.74, 6) is -6.41. The molecule has 0 aromatic heterocycles. The summed E-state index contributed by atoms with van der Waals surface area (Å²) in [4.78, 5) is 120. The topological polar surface area (TPSA) is 537 Å². The fourth-order valence-electron chi connectivity index (χ4n) is 6.29. The second-order valence-corrected chi connectivity index (χ2v) is 16.5. The Labute approximate surface area is 448 Å². The molecule has 0 spiro atoms. The zero-order valence-electron chi connectivity index (χ0n) is 44.4. The van der Waals surface area contributed by atoms with Crippen molar-refractivity contribution in [3.05, 3.63) is 0 Å². The van der Waals surface area contributed by atoms with Crippen molar-refractivity contribution in [3.63, 3.8) is 0 Å². The molecule has 0 fully saturated rings. The van der Waals surface area contributed by atoms with Gasteiger partial charge in [0.2, 0.25) is 47.3 Å². The first-order valence-electron chi connectivity index (χ1n) is 25.1. The number of rotatable bonds is 46. The number of hydrogen-bond acceptors (Lipinski definition) is 17. The summed E-state index contributed by atoms with van der Waals surface area (Å²) in [5.41, 5.74) is 43.3. The lowest BCUT2D eigenvalue weighted by Crippen LogP contribution is -2.57. The summed E-state index contributed by atoms with van der Waals surface area (Å²) < 4.78 is 26.9. The molecule has 0 saturated heterocycles. The molecule has 0 aromatic carbocycles. The van der Waals surface area contributed by atoms with Crippen LogP contribution in [0.4, 0.5) is 0 Å². The van der Waals surface area contributed by atoms with E-state index in [1.54, 1.807) is 0 Å². The molecule has 33 nitrogen and oxygen atoms in total. The summed E-state index contributed by atoms with van der Waals surface area (Å²) in [6, 6.07) is -4.68. The van der Waals surface area contributed by atoms with Gasteiger partial charge in [0.25, 0.3) is 0 Å². The van der Waals surface area contributed by atoms with Crippen LogP contribution in [0.5, 0.6) is 0 Å². The number of carbonyl (C=O) groups excluding carboxylic acids is 8. The van der Waals surface area contributed by atoms with Crippen molar-refractivity contribution in [3.8, 4) is 0 Å². The van der Waals surface area contributed by atoms with E-state index in [-0.39, 0.29) is 108 Å². The molecule has 8 amide bonds. The smallest absolute Gasteiger partial charge is 0.243 e. The predicted molar refractivity (Wildman–Crippen MR) is 285 cm³/mol. The van der Waals surface area contributed by atoms with Gasteiger partial charge in [-0.15, -0.1) is 0 Å². The van der Waals surface area contributed by atoms with Gasteiger partial charge in [0.1, 0.15) is 24.2 Å². The fourth-order valence-corrected chi connectivity index (χ4v) is 6.29. The number of aliphatic imine (C=N–C) groups is 4. The highest BCUT2D eigenvalue weighted by molar-refractivity contribution is 5.95. The van der Waals surface area contributed by atoms with E-state index in [0.29, 0.717) is 65.7 Å². The van der Waals surface area contributed by atoms with Crippen LogP contribution < -0.4 is 88.4 Å². The Hall–Kier alpha value is -7.36. The van der Waals surface area contributed by atoms with Crippen molar-refractivity contribution in [2.75, 3.05) is 118 Å². The average molecular weight is 1100 g/mol. The highest BCUT2D eigenvalue weighted by Crippen LogP contribution is 2.07. The van der Waals surface area contributed by atoms with Crippen molar-refractivity contribution in [2.24, 2.45) is 65.8 Å². The van der Waals surface area contributed by atoms with Crippen LogP contribution in [-0.4, -0.2) is 214 Å². The van der Waals surface area contributed by atoms with E-state index in [1.165, 1.54) is 6.92 Å². The van der Waals surface area contributed by atoms with Gasteiger partial charge in [0.05, 0.1) is 79.1 Å². The molecule has 0 aromatic rings. The Balaban J connectivity index is 5.36. The standard InChI is InChI=1S/C44H86N20O13/c1-3-73-18-19-75-22-23-77-25-24-76-21-20-74-17-16-53-37(69)30(8-4-12-54-41(45)46)62-36(68)28-59-34(66)26-58-35(67)27-60-38(70)31(9-5-13-55-42(47)48)63-40(72)33(11-7-15-57-44(51)52)64-39(71)32(61-29(2)65)10-6-14-56-43(49)50/h30-33H,3-28H2,1-2H3,(H,53,69)(H,58,67)(H,59,66)(H,60,70)(H,61,65)(H,62,68)(H,63,72)(H,64,71)(H4,45,46,54)(H4,47,48,55)(H4,49,50,56)(H4,51,52,57)/t30-,31-,32-,33?/m1/s1. The number of nitrogens with two attached hydrogens (primary N) is 8. The Kier molecular flexibility index (Phi) is 40.6. The summed E-state index contributed by atoms with van der Waals surface area (Å²) in [7, 11) is 0. The third-order valence-electron chi connectivity index (χ3n) is 9.95. The van der Waals surface area contributed by atoms with Gasteiger partial charge in [0, 0.05) is 46.3 Å². The maximum atomic E-state index is 13.8. The molecule has 4 atom stereocenters. The number of ether oxygens (including phenoxy) is 5. The summed E-state index contributed by atoms with van der Waals surface area (Å²) in [6.45, 7) is 5.94. The lowest BCUT2D eigenvalue weighted by Gasteiger charge is -2.25. The summed E-state index contributed by atoms with van der Waals surface area (Å²) in [5, 5.41) is 20.0. The van der Waals surface area contributed by atoms with Crippen LogP contribution in [0.15, 0.2) is 20.0 Å². The quantitative estimate of drug-likeness (QED) is 0.0153. The SMILES string of the molecule is CCOCCOCCOCCOCCOCCNC(=O)[C@@H](CCCN=C(N)N)NC(=O)CNC(=O)CNC(=O)CNC(=O)[C@@H](CCCN=C(N)N)NC(=O)C(CCCN=C(N)N)NC(=O)[C@@H](CCCN=C(N)N)NC(C)=O. The molecule has 0 aliphatic heterocycles. The average Bonchev–Trinajstić information content (AvgIpc) is 3.37. The third kappa shape index (κ3) is 41.6. The predicted octanol–water partition coefficient (Wildman–Crippen LogP) is -8.27. The molecular formula is C44H86N20O13. The van der Waals surface area contributed by atoms with Crippen molar-refractivity contribution in [1.82, 2.24) is 42.5 Å². The minimum Gasteiger partial charge on any atom is -0.379 e. The summed E-state index contributed by atoms with van der Waals surface area (Å²) >= 11 is 0. The van der Waals surface area contributed by atoms with Crippen LogP contribution >= 0.6 is 0 Å². The van der Waals surface area contributed by atoms with Crippen LogP contribution in [0.2, 0.25) is 0 Å². The highest BCUT2D eigenvalue weighted by atomic mass is 16.6. The molecule has 440 valence electrons. The molecule has 0 saturated carbocycles. The number of nitrogens with zero attached hydrogens (tertiary/aromatic N) is 4. The number of guanidine groups is 4. The Morgan fingerprint density at radius 1 is 0.377 bits per heavy atom. The van der Waals surface area contributed by atoms with Crippen LogP contribution in [-0.2, 0) is 62.0 Å². The first-order chi connectivity index (χ1) is 36.7. The highest BCUT2D eigenvalue weighted by Gasteiger charge is 2.29. The second kappa shape index (κ2) is 44.9. The van der Waals surface area contributed by atoms with E-state index in [2.05, 4.69) is 62.5 Å². The van der Waals surface area contributed by atoms with Crippen molar-refractivity contribution < 1.29 is 62.0 Å². The third-order valence-corrected chi connectivity index (χ3v) is 9.95. The molecule has 0 bridgehead atoms. The maximum Gasteiger partial charge on any atom is 0.243 e. The zero-order chi connectivity index (χ0) is 57.6. The minimum atomic E-state index is -1.30. The molecule has 77 heavy (non-hydrogen) atoms. The zero-order valence-corrected chi connectivity index (χ0v) is 44.4. The number of hydrogen-bond donors (Lipinski definition) is 16. The van der Waals surface area contributed by atoms with Crippen molar-refractivity contribution >= 4 is 71.1 Å². The van der Waals surface area contributed by atoms with Gasteiger partial charge >= 0.3 is 0 Å². The molecule has 33 heteroatoms. The number of amides is 8. The Morgan fingerprint density at radius 3 is 1.06 bits per heavy atom. The lowest BCUT2D eigenvalue weighted by atomic mass is 10.1. The van der Waals surface area contributed by atoms with Gasteiger partial charge in [-0.1, -0.05) is 0 Å². The molecule has 0 heterocycles. The minimum absolute atomic E-state index is 0.0139. The molecule has 0 aliphatic carbocycles. The molecule has 0 radical (unpaired) electrons. The van der Waals surface area contributed by atoms with Gasteiger partial charge in [-0.2, -0.15) is 0 Å². The maximum absolute atomic E-state index is 13.8. The van der Waals surface area contributed by atoms with E-state index in [9.17, 15) is 38.4 Å². The molecule has 1 unspecified atom stereocenters. The van der Waals surface area contributed by atoms with Gasteiger partial charge in [0.15, 0.2) is 23.8 Å². The van der Waals surface area contributed by atoms with E-state index in [1.807, 2.05) is 6.92 Å². The normalized spacial score (nSPS) is 12.2. The molecule has 24 N–H and O–H groups in total. The van der Waals surface area contributed by atoms with Gasteiger partial charge in [-0.25, -0.2) is 0 Å². The van der Waals surface area contributed by atoms with Crippen LogP contribution in [0.1, 0.15) is 65.2 Å². The van der Waals surface area contributed by atoms with Crippen molar-refractivity contribution in [1.29, 1.82) is 0 Å². The molecule has 0 aliphatic rings. The van der Waals surface area contributed by atoms with E-state index in [4.69, 9.17) is 69.6 Å². The Morgan fingerprint density at radius 2 is 0.688 bits per heavy atom. The lowest BCUT2D eigenvalue weighted by molar-refractivity contribution is -0.134. The number of nitrogens with one attached hydrogen (secondary N) is 8. The van der Waals surface area contributed by atoms with Gasteiger partial charge < -0.3 is 112 Å². The first kappa shape index (κ1) is 69.6. The van der Waals surface area contributed by atoms with Gasteiger partial charge in [-0.05, 0) is 58.3 Å². The fraction of sp³-hybridized carbons (Fsp3) is 0.727. The van der Waals surface area contributed by atoms with E-state index >= 15 is 0 Å². The monoisotopic (exact) mass is 1100 g/mol. The molecular weight excluding hydrogens is 1020 g/mol. The second-order valence-electron chi connectivity index (χ2n) is 16.5. The largest absolute Gasteiger partial charge is 0.379 e. The van der Waals surface area contributed by atoms with E-state index < -0.39 is 91.1 Å². The molecule has 0 rings (SSSR count). The van der Waals surface area contributed by atoms with Crippen LogP contribution in [0, 0.1) is 0 Å². The Bertz CT molecular complexity index is 1880.